The molecule has 3 N–H and O–H groups in total. The Balaban J connectivity index is 1.88. The van der Waals surface area contributed by atoms with Crippen LogP contribution in [0.2, 0.25) is 0 Å². The summed E-state index contributed by atoms with van der Waals surface area (Å²) in [7, 11) is 2.04. The summed E-state index contributed by atoms with van der Waals surface area (Å²) < 4.78 is 45.8. The Bertz CT molecular complexity index is 665. The number of halogens is 3. The summed E-state index contributed by atoms with van der Waals surface area (Å²) in [4.78, 5) is 15.1. The average Bonchev–Trinajstić information content (AvgIpc) is 2.66. The highest BCUT2D eigenvalue weighted by Crippen LogP contribution is 2.37. The number of carbonyl (C=O) groups excluding carboxylic acids is 1. The molecule has 0 saturated carbocycles. The zero-order valence-electron chi connectivity index (χ0n) is 16.6. The summed E-state index contributed by atoms with van der Waals surface area (Å²) in [5.41, 5.74) is 4.64. The maximum absolute atomic E-state index is 13.4. The van der Waals surface area contributed by atoms with Gasteiger partial charge in [0.1, 0.15) is 12.4 Å². The molecule has 2 amide bonds. The van der Waals surface area contributed by atoms with E-state index in [9.17, 15) is 23.2 Å². The predicted molar refractivity (Wildman–Crippen MR) is 102 cm³/mol. The van der Waals surface area contributed by atoms with Crippen LogP contribution in [0.1, 0.15) is 24.0 Å². The summed E-state index contributed by atoms with van der Waals surface area (Å²) in [5.74, 6) is -0.161. The van der Waals surface area contributed by atoms with Crippen LogP contribution in [0.15, 0.2) is 18.2 Å². The van der Waals surface area contributed by atoms with Gasteiger partial charge in [-0.3, -0.25) is 10.1 Å². The number of primary amides is 1. The van der Waals surface area contributed by atoms with E-state index >= 15 is 0 Å². The van der Waals surface area contributed by atoms with Gasteiger partial charge in [0.15, 0.2) is 0 Å². The first-order valence-corrected chi connectivity index (χ1v) is 9.66. The van der Waals surface area contributed by atoms with Gasteiger partial charge in [-0.15, -0.1) is 0 Å². The van der Waals surface area contributed by atoms with Gasteiger partial charge in [-0.2, -0.15) is 13.2 Å². The van der Waals surface area contributed by atoms with E-state index in [-0.39, 0.29) is 18.9 Å². The fraction of sp³-hybridized carbons (Fsp3) is 0.632. The summed E-state index contributed by atoms with van der Waals surface area (Å²) in [6, 6.07) is 3.13. The van der Waals surface area contributed by atoms with Crippen LogP contribution in [-0.2, 0) is 12.6 Å². The number of urea groups is 1. The van der Waals surface area contributed by atoms with E-state index < -0.39 is 17.8 Å². The Morgan fingerprint density at radius 3 is 2.55 bits per heavy atom. The van der Waals surface area contributed by atoms with Crippen molar-refractivity contribution in [1.29, 1.82) is 0 Å². The second-order valence-corrected chi connectivity index (χ2v) is 7.24. The van der Waals surface area contributed by atoms with Crippen molar-refractivity contribution in [1.82, 2.24) is 14.9 Å². The van der Waals surface area contributed by atoms with Gasteiger partial charge in [-0.25, -0.2) is 9.86 Å². The van der Waals surface area contributed by atoms with Crippen LogP contribution in [0.3, 0.4) is 0 Å². The van der Waals surface area contributed by atoms with Crippen LogP contribution < -0.4 is 10.5 Å². The Kier molecular flexibility index (Phi) is 8.54. The molecule has 0 radical (unpaired) electrons. The lowest BCUT2D eigenvalue weighted by Crippen LogP contribution is -2.45. The lowest BCUT2D eigenvalue weighted by Gasteiger charge is -2.32. The molecule has 0 unspecified atom stereocenters. The van der Waals surface area contributed by atoms with E-state index in [0.717, 1.165) is 32.2 Å². The third kappa shape index (κ3) is 7.71. The van der Waals surface area contributed by atoms with Crippen molar-refractivity contribution in [3.8, 4) is 5.75 Å². The lowest BCUT2D eigenvalue weighted by molar-refractivity contribution is -0.139. The minimum atomic E-state index is -4.51. The Labute approximate surface area is 168 Å². The molecule has 2 rings (SSSR count). The Morgan fingerprint density at radius 2 is 1.93 bits per heavy atom. The normalized spacial score (nSPS) is 16.0. The Morgan fingerprint density at radius 1 is 1.24 bits per heavy atom. The summed E-state index contributed by atoms with van der Waals surface area (Å²) in [6.07, 6.45) is -3.19. The minimum absolute atomic E-state index is 0.0367. The topological polar surface area (TPSA) is 82.3 Å². The van der Waals surface area contributed by atoms with Gasteiger partial charge >= 0.3 is 12.2 Å². The van der Waals surface area contributed by atoms with Gasteiger partial charge in [0.25, 0.3) is 0 Å². The predicted octanol–water partition coefficient (Wildman–Crippen LogP) is 2.42. The molecule has 1 aromatic carbocycles. The number of likely N-dealkylation sites (N-methyl/N-ethyl adjacent to an activating group) is 1. The van der Waals surface area contributed by atoms with Gasteiger partial charge in [0, 0.05) is 32.7 Å². The fourth-order valence-electron chi connectivity index (χ4n) is 3.14. The molecule has 1 aliphatic heterocycles. The molecule has 164 valence electrons. The number of rotatable bonds is 9. The van der Waals surface area contributed by atoms with E-state index in [1.165, 1.54) is 6.07 Å². The summed E-state index contributed by atoms with van der Waals surface area (Å²) in [6.45, 7) is 4.47. The van der Waals surface area contributed by atoms with Crippen LogP contribution in [0, 0.1) is 0 Å². The van der Waals surface area contributed by atoms with Crippen molar-refractivity contribution in [2.45, 2.75) is 25.4 Å². The van der Waals surface area contributed by atoms with E-state index in [0.29, 0.717) is 36.4 Å². The van der Waals surface area contributed by atoms with Crippen LogP contribution >= 0.6 is 0 Å². The van der Waals surface area contributed by atoms with Crippen molar-refractivity contribution in [2.24, 2.45) is 5.73 Å². The molecule has 0 bridgehead atoms. The number of aryl methyl sites for hydroxylation is 1. The van der Waals surface area contributed by atoms with E-state index in [1.54, 1.807) is 6.07 Å². The van der Waals surface area contributed by atoms with Crippen LogP contribution in [0.4, 0.5) is 18.0 Å². The fourth-order valence-corrected chi connectivity index (χ4v) is 3.14. The van der Waals surface area contributed by atoms with Crippen molar-refractivity contribution < 1.29 is 27.9 Å². The first-order valence-electron chi connectivity index (χ1n) is 9.66. The first-order chi connectivity index (χ1) is 13.7. The maximum Gasteiger partial charge on any atom is 0.419 e. The molecule has 1 heterocycles. The smallest absolute Gasteiger partial charge is 0.419 e. The molecular weight excluding hydrogens is 389 g/mol. The average molecular weight is 418 g/mol. The van der Waals surface area contributed by atoms with Gasteiger partial charge in [-0.1, -0.05) is 6.07 Å². The number of hydroxylamine groups is 2. The van der Waals surface area contributed by atoms with Crippen LogP contribution in [-0.4, -0.2) is 79.0 Å². The van der Waals surface area contributed by atoms with E-state index in [4.69, 9.17) is 10.5 Å². The molecule has 0 spiro atoms. The molecule has 0 aromatic heterocycles. The second kappa shape index (κ2) is 10.7. The number of nitrogens with zero attached hydrogens (tertiary/aromatic N) is 3. The van der Waals surface area contributed by atoms with Crippen molar-refractivity contribution >= 4 is 6.03 Å². The summed E-state index contributed by atoms with van der Waals surface area (Å²) >= 11 is 0. The molecule has 10 heteroatoms. The molecule has 1 aliphatic rings. The number of hydrogen-bond acceptors (Lipinski definition) is 5. The quantitative estimate of drug-likeness (QED) is 0.366. The maximum atomic E-state index is 13.4. The van der Waals surface area contributed by atoms with Gasteiger partial charge in [-0.05, 0) is 44.0 Å². The third-order valence-corrected chi connectivity index (χ3v) is 4.95. The highest BCUT2D eigenvalue weighted by molar-refractivity contribution is 5.70. The van der Waals surface area contributed by atoms with Crippen molar-refractivity contribution in [3.63, 3.8) is 0 Å². The van der Waals surface area contributed by atoms with Gasteiger partial charge in [0.05, 0.1) is 12.1 Å². The van der Waals surface area contributed by atoms with Gasteiger partial charge < -0.3 is 15.4 Å². The molecule has 1 aromatic rings. The first kappa shape index (κ1) is 23.2. The Hall–Kier alpha value is -2.04. The third-order valence-electron chi connectivity index (χ3n) is 4.95. The lowest BCUT2D eigenvalue weighted by atomic mass is 10.0. The summed E-state index contributed by atoms with van der Waals surface area (Å²) in [5, 5.41) is 9.58. The number of hydrogen-bond donors (Lipinski definition) is 2. The standard InChI is InChI=1S/C19H29F3N4O3/c1-24-8-10-25(11-9-24)12-13-29-17-6-5-15(14-16(17)19(20,21)22)4-2-3-7-26(28)18(23)27/h5-6,14,28H,2-4,7-13H2,1H3,(H2,23,27). The molecule has 0 aliphatic carbocycles. The van der Waals surface area contributed by atoms with Crippen LogP contribution in [0.5, 0.6) is 5.75 Å². The van der Waals surface area contributed by atoms with E-state index in [1.807, 2.05) is 7.05 Å². The zero-order valence-corrected chi connectivity index (χ0v) is 16.6. The van der Waals surface area contributed by atoms with Crippen molar-refractivity contribution in [2.75, 3.05) is 52.9 Å². The molecule has 7 nitrogen and oxygen atoms in total. The molecule has 0 atom stereocenters. The highest BCUT2D eigenvalue weighted by Gasteiger charge is 2.34. The molecule has 1 fully saturated rings. The largest absolute Gasteiger partial charge is 0.492 e. The second-order valence-electron chi connectivity index (χ2n) is 7.24. The number of amides is 2. The monoisotopic (exact) mass is 418 g/mol. The number of nitrogens with two attached hydrogens (primary N) is 1. The number of ether oxygens (including phenoxy) is 1. The molecule has 29 heavy (non-hydrogen) atoms. The van der Waals surface area contributed by atoms with Gasteiger partial charge in [0.2, 0.25) is 0 Å². The number of carbonyl (C=O) groups is 1. The zero-order chi connectivity index (χ0) is 21.4. The molecular formula is C19H29F3N4O3. The minimum Gasteiger partial charge on any atom is -0.492 e. The van der Waals surface area contributed by atoms with Crippen LogP contribution in [0.25, 0.3) is 0 Å². The number of piperazine rings is 1. The van der Waals surface area contributed by atoms with Crippen molar-refractivity contribution in [3.05, 3.63) is 29.3 Å². The SMILES string of the molecule is CN1CCN(CCOc2ccc(CCCCN(O)C(N)=O)cc2C(F)(F)F)CC1. The highest BCUT2D eigenvalue weighted by atomic mass is 19.4. The number of unbranched alkanes of at least 4 members (excludes halogenated alkanes) is 1. The number of benzene rings is 1. The van der Waals surface area contributed by atoms with E-state index in [2.05, 4.69) is 9.80 Å². The molecule has 1 saturated heterocycles. The number of alkyl halides is 3.